The Balaban J connectivity index is 2.77. The molecule has 0 radical (unpaired) electrons. The quantitative estimate of drug-likeness (QED) is 0.605. The van der Waals surface area contributed by atoms with Crippen molar-refractivity contribution < 1.29 is 9.90 Å². The molecule has 4 N–H and O–H groups in total. The summed E-state index contributed by atoms with van der Waals surface area (Å²) in [5.74, 6) is -0.960. The first kappa shape index (κ1) is 9.47. The maximum Gasteiger partial charge on any atom is 0.305 e. The van der Waals surface area contributed by atoms with Gasteiger partial charge in [0.15, 0.2) is 0 Å². The molecule has 0 spiro atoms. The first-order valence-electron chi connectivity index (χ1n) is 3.75. The molecule has 5 nitrogen and oxygen atoms in total. The van der Waals surface area contributed by atoms with Crippen LogP contribution in [0.15, 0.2) is 23.1 Å². The van der Waals surface area contributed by atoms with Gasteiger partial charge in [-0.15, -0.1) is 0 Å². The van der Waals surface area contributed by atoms with E-state index in [1.807, 2.05) is 0 Å². The standard InChI is InChI=1S/C8H10N2O3/c9-6(3-8(12)13)5-1-2-7(11)10-4-5/h1-2,4,6H,3,9H2,(H,10,11)(H,12,13). The van der Waals surface area contributed by atoms with Crippen molar-refractivity contribution in [1.29, 1.82) is 0 Å². The third-order valence-electron chi connectivity index (χ3n) is 1.63. The number of carbonyl (C=O) groups is 1. The normalized spacial score (nSPS) is 12.4. The molecule has 0 aliphatic rings. The Morgan fingerprint density at radius 1 is 1.62 bits per heavy atom. The highest BCUT2D eigenvalue weighted by molar-refractivity contribution is 5.67. The highest BCUT2D eigenvalue weighted by atomic mass is 16.4. The number of rotatable bonds is 3. The summed E-state index contributed by atoms with van der Waals surface area (Å²) >= 11 is 0. The predicted octanol–water partition coefficient (Wildman–Crippen LogP) is -0.151. The van der Waals surface area contributed by atoms with Crippen LogP contribution < -0.4 is 11.3 Å². The molecule has 0 amide bonds. The average molecular weight is 182 g/mol. The highest BCUT2D eigenvalue weighted by Gasteiger charge is 2.09. The van der Waals surface area contributed by atoms with Crippen molar-refractivity contribution in [2.45, 2.75) is 12.5 Å². The Kier molecular flexibility index (Phi) is 2.81. The molecule has 0 aromatic carbocycles. The van der Waals surface area contributed by atoms with Crippen molar-refractivity contribution in [2.24, 2.45) is 5.73 Å². The van der Waals surface area contributed by atoms with Crippen LogP contribution in [0.3, 0.4) is 0 Å². The minimum Gasteiger partial charge on any atom is -0.481 e. The molecule has 1 atom stereocenters. The van der Waals surface area contributed by atoms with Gasteiger partial charge >= 0.3 is 5.97 Å². The summed E-state index contributed by atoms with van der Waals surface area (Å²) in [4.78, 5) is 23.4. The van der Waals surface area contributed by atoms with E-state index in [9.17, 15) is 9.59 Å². The van der Waals surface area contributed by atoms with Crippen molar-refractivity contribution in [1.82, 2.24) is 4.98 Å². The summed E-state index contributed by atoms with van der Waals surface area (Å²) in [6.07, 6.45) is 1.28. The Labute approximate surface area is 74.2 Å². The molecule has 0 fully saturated rings. The first-order chi connectivity index (χ1) is 6.09. The van der Waals surface area contributed by atoms with E-state index in [0.717, 1.165) is 0 Å². The van der Waals surface area contributed by atoms with Crippen molar-refractivity contribution >= 4 is 5.97 Å². The van der Waals surface area contributed by atoms with E-state index in [1.165, 1.54) is 18.3 Å². The lowest BCUT2D eigenvalue weighted by Gasteiger charge is -2.07. The molecule has 1 aromatic heterocycles. The van der Waals surface area contributed by atoms with Crippen molar-refractivity contribution in [3.63, 3.8) is 0 Å². The van der Waals surface area contributed by atoms with E-state index in [0.29, 0.717) is 5.56 Å². The molecule has 70 valence electrons. The number of hydrogen-bond donors (Lipinski definition) is 3. The molecular formula is C8H10N2O3. The Bertz CT molecular complexity index is 338. The van der Waals surface area contributed by atoms with Gasteiger partial charge in [0, 0.05) is 18.3 Å². The SMILES string of the molecule is NC(CC(=O)O)c1ccc(=O)[nH]c1. The molecule has 1 aromatic rings. The van der Waals surface area contributed by atoms with Crippen molar-refractivity contribution in [3.8, 4) is 0 Å². The van der Waals surface area contributed by atoms with Gasteiger partial charge in [-0.05, 0) is 5.56 Å². The summed E-state index contributed by atoms with van der Waals surface area (Å²) in [6, 6.07) is 2.26. The number of carboxylic acid groups (broad SMARTS) is 1. The van der Waals surface area contributed by atoms with Crippen LogP contribution in [-0.2, 0) is 4.79 Å². The smallest absolute Gasteiger partial charge is 0.305 e. The number of H-pyrrole nitrogens is 1. The average Bonchev–Trinajstić information content (AvgIpc) is 2.04. The molecule has 0 aliphatic carbocycles. The topological polar surface area (TPSA) is 96.2 Å². The monoisotopic (exact) mass is 182 g/mol. The number of nitrogens with two attached hydrogens (primary N) is 1. The maximum atomic E-state index is 10.7. The highest BCUT2D eigenvalue weighted by Crippen LogP contribution is 2.10. The molecule has 13 heavy (non-hydrogen) atoms. The second-order valence-corrected chi connectivity index (χ2v) is 2.69. The molecule has 0 saturated carbocycles. The van der Waals surface area contributed by atoms with Crippen LogP contribution >= 0.6 is 0 Å². The van der Waals surface area contributed by atoms with E-state index in [4.69, 9.17) is 10.8 Å². The molecule has 1 heterocycles. The predicted molar refractivity (Wildman–Crippen MR) is 46.2 cm³/mol. The van der Waals surface area contributed by atoms with Crippen LogP contribution in [0.25, 0.3) is 0 Å². The molecule has 0 saturated heterocycles. The molecule has 5 heteroatoms. The zero-order valence-corrected chi connectivity index (χ0v) is 6.86. The molecule has 0 bridgehead atoms. The summed E-state index contributed by atoms with van der Waals surface area (Å²) < 4.78 is 0. The van der Waals surface area contributed by atoms with Gasteiger partial charge in [0.25, 0.3) is 0 Å². The minimum absolute atomic E-state index is 0.147. The number of hydrogen-bond acceptors (Lipinski definition) is 3. The summed E-state index contributed by atoms with van der Waals surface area (Å²) in [5, 5.41) is 8.45. The van der Waals surface area contributed by atoms with Gasteiger partial charge in [-0.1, -0.05) is 6.07 Å². The number of nitrogens with one attached hydrogen (secondary N) is 1. The molecule has 0 aliphatic heterocycles. The summed E-state index contributed by atoms with van der Waals surface area (Å²) in [5.41, 5.74) is 5.93. The fourth-order valence-corrected chi connectivity index (χ4v) is 0.959. The van der Waals surface area contributed by atoms with Crippen molar-refractivity contribution in [3.05, 3.63) is 34.2 Å². The largest absolute Gasteiger partial charge is 0.481 e. The lowest BCUT2D eigenvalue weighted by atomic mass is 10.1. The lowest BCUT2D eigenvalue weighted by Crippen LogP contribution is -2.16. The van der Waals surface area contributed by atoms with E-state index in [2.05, 4.69) is 4.98 Å². The van der Waals surface area contributed by atoms with Gasteiger partial charge in [-0.2, -0.15) is 0 Å². The van der Waals surface area contributed by atoms with Crippen LogP contribution in [0.2, 0.25) is 0 Å². The van der Waals surface area contributed by atoms with Crippen LogP contribution in [0, 0.1) is 0 Å². The number of carboxylic acids is 1. The summed E-state index contributed by atoms with van der Waals surface area (Å²) in [6.45, 7) is 0. The Hall–Kier alpha value is -1.62. The van der Waals surface area contributed by atoms with Gasteiger partial charge in [-0.3, -0.25) is 9.59 Å². The van der Waals surface area contributed by atoms with Crippen LogP contribution in [0.5, 0.6) is 0 Å². The number of aromatic amines is 1. The number of pyridine rings is 1. The van der Waals surface area contributed by atoms with Crippen LogP contribution in [0.4, 0.5) is 0 Å². The first-order valence-corrected chi connectivity index (χ1v) is 3.75. The Morgan fingerprint density at radius 3 is 2.77 bits per heavy atom. The lowest BCUT2D eigenvalue weighted by molar-refractivity contribution is -0.137. The maximum absolute atomic E-state index is 10.7. The van der Waals surface area contributed by atoms with Gasteiger partial charge in [0.05, 0.1) is 6.42 Å². The van der Waals surface area contributed by atoms with Gasteiger partial charge in [0.1, 0.15) is 0 Å². The van der Waals surface area contributed by atoms with E-state index >= 15 is 0 Å². The van der Waals surface area contributed by atoms with Crippen LogP contribution in [0.1, 0.15) is 18.0 Å². The zero-order chi connectivity index (χ0) is 9.84. The fourth-order valence-electron chi connectivity index (χ4n) is 0.959. The van der Waals surface area contributed by atoms with Gasteiger partial charge < -0.3 is 15.8 Å². The third-order valence-corrected chi connectivity index (χ3v) is 1.63. The second-order valence-electron chi connectivity index (χ2n) is 2.69. The number of aromatic nitrogens is 1. The third kappa shape index (κ3) is 2.72. The second kappa shape index (κ2) is 3.86. The van der Waals surface area contributed by atoms with E-state index < -0.39 is 12.0 Å². The Morgan fingerprint density at radius 2 is 2.31 bits per heavy atom. The van der Waals surface area contributed by atoms with Crippen LogP contribution in [-0.4, -0.2) is 16.1 Å². The van der Waals surface area contributed by atoms with Crippen molar-refractivity contribution in [2.75, 3.05) is 0 Å². The van der Waals surface area contributed by atoms with Gasteiger partial charge in [-0.25, -0.2) is 0 Å². The molecular weight excluding hydrogens is 172 g/mol. The van der Waals surface area contributed by atoms with E-state index in [-0.39, 0.29) is 12.0 Å². The zero-order valence-electron chi connectivity index (χ0n) is 6.86. The minimum atomic E-state index is -0.960. The van der Waals surface area contributed by atoms with Gasteiger partial charge in [0.2, 0.25) is 5.56 Å². The van der Waals surface area contributed by atoms with E-state index in [1.54, 1.807) is 0 Å². The molecule has 1 unspecified atom stereocenters. The fraction of sp³-hybridized carbons (Fsp3) is 0.250. The molecule has 1 rings (SSSR count). The number of aliphatic carboxylic acids is 1. The summed E-state index contributed by atoms with van der Waals surface area (Å²) in [7, 11) is 0.